The molecule has 3 fully saturated rings. The molecule has 1 aliphatic carbocycles. The number of piperidine rings is 2. The Morgan fingerprint density at radius 3 is 2.81 bits per heavy atom. The SMILES string of the molecule is NNC(=NC1CCCCC1)N1CCC2NC(=O)CCC2C1. The second kappa shape index (κ2) is 6.64. The maximum Gasteiger partial charge on any atom is 0.220 e. The highest BCUT2D eigenvalue weighted by molar-refractivity contribution is 5.80. The van der Waals surface area contributed by atoms with E-state index in [0.717, 1.165) is 31.9 Å². The summed E-state index contributed by atoms with van der Waals surface area (Å²) in [7, 11) is 0. The fourth-order valence-electron chi connectivity index (χ4n) is 3.90. The molecule has 2 atom stereocenters. The van der Waals surface area contributed by atoms with Crippen molar-refractivity contribution in [1.29, 1.82) is 0 Å². The van der Waals surface area contributed by atoms with Crippen LogP contribution in [0.3, 0.4) is 0 Å². The number of rotatable bonds is 1. The molecule has 0 spiro atoms. The molecule has 1 saturated carbocycles. The van der Waals surface area contributed by atoms with Crippen molar-refractivity contribution in [2.75, 3.05) is 13.1 Å². The Balaban J connectivity index is 1.62. The number of hydrazine groups is 1. The van der Waals surface area contributed by atoms with Gasteiger partial charge in [-0.25, -0.2) is 10.8 Å². The van der Waals surface area contributed by atoms with Gasteiger partial charge in [-0.1, -0.05) is 19.3 Å². The zero-order chi connectivity index (χ0) is 14.7. The molecule has 0 aromatic heterocycles. The zero-order valence-corrected chi connectivity index (χ0v) is 12.7. The summed E-state index contributed by atoms with van der Waals surface area (Å²) in [6, 6.07) is 0.768. The average Bonchev–Trinajstić information content (AvgIpc) is 2.53. The van der Waals surface area contributed by atoms with E-state index in [4.69, 9.17) is 10.8 Å². The number of amides is 1. The van der Waals surface area contributed by atoms with Gasteiger partial charge in [0, 0.05) is 25.6 Å². The molecule has 2 heterocycles. The predicted octanol–water partition coefficient (Wildman–Crippen LogP) is 0.739. The van der Waals surface area contributed by atoms with E-state index in [1.165, 1.54) is 32.1 Å². The second-order valence-corrected chi connectivity index (χ2v) is 6.60. The van der Waals surface area contributed by atoms with Gasteiger partial charge in [0.1, 0.15) is 0 Å². The number of nitrogens with two attached hydrogens (primary N) is 1. The lowest BCUT2D eigenvalue weighted by Gasteiger charge is -2.42. The highest BCUT2D eigenvalue weighted by Crippen LogP contribution is 2.26. The third-order valence-corrected chi connectivity index (χ3v) is 5.13. The molecule has 4 N–H and O–H groups in total. The molecule has 21 heavy (non-hydrogen) atoms. The fourth-order valence-corrected chi connectivity index (χ4v) is 3.90. The first-order valence-electron chi connectivity index (χ1n) is 8.35. The second-order valence-electron chi connectivity index (χ2n) is 6.60. The monoisotopic (exact) mass is 293 g/mol. The third kappa shape index (κ3) is 3.48. The average molecular weight is 293 g/mol. The normalized spacial score (nSPS) is 31.6. The Kier molecular flexibility index (Phi) is 4.63. The molecule has 1 amide bonds. The largest absolute Gasteiger partial charge is 0.353 e. The smallest absolute Gasteiger partial charge is 0.220 e. The topological polar surface area (TPSA) is 82.8 Å². The lowest BCUT2D eigenvalue weighted by Crippen LogP contribution is -2.57. The summed E-state index contributed by atoms with van der Waals surface area (Å²) in [6.07, 6.45) is 8.88. The molecule has 0 radical (unpaired) electrons. The molecule has 2 saturated heterocycles. The van der Waals surface area contributed by atoms with Gasteiger partial charge in [-0.05, 0) is 31.6 Å². The quantitative estimate of drug-likeness (QED) is 0.288. The minimum atomic E-state index is 0.206. The van der Waals surface area contributed by atoms with Crippen molar-refractivity contribution in [2.24, 2.45) is 16.8 Å². The number of carbonyl (C=O) groups is 1. The van der Waals surface area contributed by atoms with Gasteiger partial charge in [-0.15, -0.1) is 0 Å². The Labute approximate surface area is 126 Å². The van der Waals surface area contributed by atoms with Gasteiger partial charge in [0.05, 0.1) is 6.04 Å². The minimum absolute atomic E-state index is 0.206. The Morgan fingerprint density at radius 1 is 1.24 bits per heavy atom. The number of hydrogen-bond donors (Lipinski definition) is 3. The van der Waals surface area contributed by atoms with Gasteiger partial charge in [0.15, 0.2) is 0 Å². The maximum atomic E-state index is 11.5. The van der Waals surface area contributed by atoms with Gasteiger partial charge < -0.3 is 10.2 Å². The van der Waals surface area contributed by atoms with Crippen LogP contribution in [0.25, 0.3) is 0 Å². The van der Waals surface area contributed by atoms with Crippen LogP contribution in [0.5, 0.6) is 0 Å². The summed E-state index contributed by atoms with van der Waals surface area (Å²) in [4.78, 5) is 18.6. The van der Waals surface area contributed by atoms with Crippen LogP contribution in [0.4, 0.5) is 0 Å². The molecule has 2 aliphatic heterocycles. The molecule has 2 unspecified atom stereocenters. The summed E-state index contributed by atoms with van der Waals surface area (Å²) in [5.41, 5.74) is 2.81. The molecule has 3 rings (SSSR count). The number of guanidine groups is 1. The number of aliphatic imine (C=N–C) groups is 1. The van der Waals surface area contributed by atoms with Crippen LogP contribution in [-0.2, 0) is 4.79 Å². The number of nitrogens with zero attached hydrogens (tertiary/aromatic N) is 2. The van der Waals surface area contributed by atoms with Crippen molar-refractivity contribution in [3.8, 4) is 0 Å². The third-order valence-electron chi connectivity index (χ3n) is 5.13. The Morgan fingerprint density at radius 2 is 2.05 bits per heavy atom. The molecule has 118 valence electrons. The van der Waals surface area contributed by atoms with Gasteiger partial charge in [0.2, 0.25) is 11.9 Å². The van der Waals surface area contributed by atoms with Crippen LogP contribution < -0.4 is 16.6 Å². The number of hydrogen-bond acceptors (Lipinski definition) is 3. The van der Waals surface area contributed by atoms with E-state index in [1.807, 2.05) is 0 Å². The summed E-state index contributed by atoms with van der Waals surface area (Å²) in [5.74, 6) is 7.30. The molecular formula is C15H27N5O. The van der Waals surface area contributed by atoms with E-state index in [2.05, 4.69) is 15.6 Å². The van der Waals surface area contributed by atoms with E-state index >= 15 is 0 Å². The van der Waals surface area contributed by atoms with Gasteiger partial charge in [-0.2, -0.15) is 0 Å². The highest BCUT2D eigenvalue weighted by Gasteiger charge is 2.34. The zero-order valence-electron chi connectivity index (χ0n) is 12.7. The number of carbonyl (C=O) groups excluding carboxylic acids is 1. The molecule has 0 bridgehead atoms. The van der Waals surface area contributed by atoms with Crippen molar-refractivity contribution in [3.63, 3.8) is 0 Å². The van der Waals surface area contributed by atoms with Crippen LogP contribution in [0.15, 0.2) is 4.99 Å². The van der Waals surface area contributed by atoms with Crippen LogP contribution in [0.1, 0.15) is 51.4 Å². The first kappa shape index (κ1) is 14.6. The molecule has 0 aromatic carbocycles. The maximum absolute atomic E-state index is 11.5. The van der Waals surface area contributed by atoms with E-state index < -0.39 is 0 Å². The first-order valence-corrected chi connectivity index (χ1v) is 8.35. The number of nitrogens with one attached hydrogen (secondary N) is 2. The number of likely N-dealkylation sites (tertiary alicyclic amines) is 1. The van der Waals surface area contributed by atoms with Crippen molar-refractivity contribution in [1.82, 2.24) is 15.6 Å². The van der Waals surface area contributed by atoms with E-state index in [0.29, 0.717) is 24.4 Å². The highest BCUT2D eigenvalue weighted by atomic mass is 16.1. The van der Waals surface area contributed by atoms with Crippen LogP contribution in [-0.4, -0.2) is 41.9 Å². The molecule has 3 aliphatic rings. The first-order chi connectivity index (χ1) is 10.3. The molecule has 6 nitrogen and oxygen atoms in total. The Hall–Kier alpha value is -1.30. The van der Waals surface area contributed by atoms with Crippen molar-refractivity contribution >= 4 is 11.9 Å². The molecular weight excluding hydrogens is 266 g/mol. The lowest BCUT2D eigenvalue weighted by molar-refractivity contribution is -0.125. The summed E-state index contributed by atoms with van der Waals surface area (Å²) in [6.45, 7) is 1.86. The summed E-state index contributed by atoms with van der Waals surface area (Å²) < 4.78 is 0. The van der Waals surface area contributed by atoms with Gasteiger partial charge >= 0.3 is 0 Å². The van der Waals surface area contributed by atoms with Gasteiger partial charge in [0.25, 0.3) is 0 Å². The molecule has 0 aromatic rings. The van der Waals surface area contributed by atoms with Gasteiger partial charge in [-0.3, -0.25) is 10.2 Å². The van der Waals surface area contributed by atoms with Crippen molar-refractivity contribution in [2.45, 2.75) is 63.5 Å². The Bertz CT molecular complexity index is 405. The van der Waals surface area contributed by atoms with E-state index in [-0.39, 0.29) is 5.91 Å². The summed E-state index contributed by atoms with van der Waals surface area (Å²) >= 11 is 0. The fraction of sp³-hybridized carbons (Fsp3) is 0.867. The van der Waals surface area contributed by atoms with E-state index in [1.54, 1.807) is 0 Å². The van der Waals surface area contributed by atoms with E-state index in [9.17, 15) is 4.79 Å². The lowest BCUT2D eigenvalue weighted by atomic mass is 9.85. The predicted molar refractivity (Wildman–Crippen MR) is 82.5 cm³/mol. The van der Waals surface area contributed by atoms with Crippen LogP contribution in [0.2, 0.25) is 0 Å². The van der Waals surface area contributed by atoms with Crippen LogP contribution >= 0.6 is 0 Å². The van der Waals surface area contributed by atoms with Crippen molar-refractivity contribution in [3.05, 3.63) is 0 Å². The standard InChI is InChI=1S/C15H27N5O/c16-19-15(17-12-4-2-1-3-5-12)20-9-8-13-11(10-20)6-7-14(21)18-13/h11-13H,1-10,16H2,(H,17,19)(H,18,21). The van der Waals surface area contributed by atoms with Crippen molar-refractivity contribution < 1.29 is 4.79 Å². The summed E-state index contributed by atoms with van der Waals surface area (Å²) in [5, 5.41) is 3.12. The number of fused-ring (bicyclic) bond motifs is 1. The van der Waals surface area contributed by atoms with Crippen LogP contribution in [0, 0.1) is 5.92 Å². The minimum Gasteiger partial charge on any atom is -0.353 e. The molecule has 6 heteroatoms.